The minimum absolute atomic E-state index is 0.0139. The first-order valence-electron chi connectivity index (χ1n) is 19.3. The number of hydrogen-bond acceptors (Lipinski definition) is 12. The molecule has 0 radical (unpaired) electrons. The van der Waals surface area contributed by atoms with E-state index in [9.17, 15) is 24.0 Å². The first-order chi connectivity index (χ1) is 27.1. The van der Waals surface area contributed by atoms with Crippen LogP contribution in [-0.2, 0) is 9.59 Å². The summed E-state index contributed by atoms with van der Waals surface area (Å²) in [5.41, 5.74) is 2.15. The highest BCUT2D eigenvalue weighted by molar-refractivity contribution is 6.31. The number of carbonyl (C=O) groups excluding carboxylic acids is 5. The molecule has 1 unspecified atom stereocenters. The SMILES string of the molecule is N#Cc1ccc(O[C@H]2CC[C@H](NC(=O)c3ccc(N4CCN(C5CCN(c6ccc7c(c6)C(=O)N(C6CCC(=O)NC6=O)C7=O)CC5)CC4)nn3)CC2)cc1Cl. The van der Waals surface area contributed by atoms with Gasteiger partial charge in [0.05, 0.1) is 27.8 Å². The number of nitriles is 1. The molecule has 1 aliphatic carbocycles. The lowest BCUT2D eigenvalue weighted by atomic mass is 9.93. The number of imide groups is 2. The van der Waals surface area contributed by atoms with Crippen LogP contribution in [0.3, 0.4) is 0 Å². The van der Waals surface area contributed by atoms with Gasteiger partial charge in [0.15, 0.2) is 11.5 Å². The van der Waals surface area contributed by atoms with Gasteiger partial charge in [0.2, 0.25) is 11.8 Å². The average Bonchev–Trinajstić information content (AvgIpc) is 3.46. The molecule has 56 heavy (non-hydrogen) atoms. The summed E-state index contributed by atoms with van der Waals surface area (Å²) in [6.07, 6.45) is 5.26. The van der Waals surface area contributed by atoms with E-state index in [0.29, 0.717) is 27.9 Å². The summed E-state index contributed by atoms with van der Waals surface area (Å²) in [6.45, 7) is 4.97. The number of aromatic nitrogens is 2. The van der Waals surface area contributed by atoms with E-state index < -0.39 is 29.7 Å². The lowest BCUT2D eigenvalue weighted by Gasteiger charge is -2.43. The van der Waals surface area contributed by atoms with Gasteiger partial charge in [0.1, 0.15) is 17.9 Å². The number of piperazine rings is 1. The molecule has 4 fully saturated rings. The number of piperidine rings is 2. The summed E-state index contributed by atoms with van der Waals surface area (Å²) in [6, 6.07) is 15.5. The second kappa shape index (κ2) is 15.9. The molecule has 8 rings (SSSR count). The predicted molar refractivity (Wildman–Crippen MR) is 204 cm³/mol. The van der Waals surface area contributed by atoms with Gasteiger partial charge in [0.25, 0.3) is 17.7 Å². The molecule has 15 nitrogen and oxygen atoms in total. The summed E-state index contributed by atoms with van der Waals surface area (Å²) in [5.74, 6) is -0.861. The fraction of sp³-hybridized carbons (Fsp3) is 0.450. The van der Waals surface area contributed by atoms with Crippen molar-refractivity contribution in [1.29, 1.82) is 5.26 Å². The topological polar surface area (TPSA) is 181 Å². The van der Waals surface area contributed by atoms with E-state index >= 15 is 0 Å². The van der Waals surface area contributed by atoms with Crippen molar-refractivity contribution >= 4 is 52.6 Å². The van der Waals surface area contributed by atoms with Crippen LogP contribution in [0.5, 0.6) is 5.75 Å². The summed E-state index contributed by atoms with van der Waals surface area (Å²) in [5, 5.41) is 23.5. The average molecular weight is 780 g/mol. The van der Waals surface area contributed by atoms with E-state index in [4.69, 9.17) is 21.6 Å². The van der Waals surface area contributed by atoms with Gasteiger partial charge in [-0.2, -0.15) is 5.26 Å². The molecule has 4 aliphatic heterocycles. The van der Waals surface area contributed by atoms with Crippen molar-refractivity contribution in [2.45, 2.75) is 75.6 Å². The Balaban J connectivity index is 0.772. The Morgan fingerprint density at radius 3 is 2.25 bits per heavy atom. The molecule has 1 saturated carbocycles. The van der Waals surface area contributed by atoms with Crippen molar-refractivity contribution in [3.05, 3.63) is 75.9 Å². The molecule has 1 aromatic heterocycles. The lowest BCUT2D eigenvalue weighted by Crippen LogP contribution is -2.54. The molecule has 2 aromatic carbocycles. The highest BCUT2D eigenvalue weighted by Crippen LogP contribution is 2.33. The Labute approximate surface area is 328 Å². The van der Waals surface area contributed by atoms with E-state index in [1.807, 2.05) is 18.2 Å². The molecule has 2 N–H and O–H groups in total. The Morgan fingerprint density at radius 1 is 0.821 bits per heavy atom. The van der Waals surface area contributed by atoms with E-state index in [1.54, 1.807) is 36.4 Å². The van der Waals surface area contributed by atoms with Gasteiger partial charge in [-0.3, -0.25) is 39.1 Å². The molecule has 3 aromatic rings. The first-order valence-corrected chi connectivity index (χ1v) is 19.6. The molecule has 5 heterocycles. The molecule has 290 valence electrons. The van der Waals surface area contributed by atoms with Crippen LogP contribution in [0.4, 0.5) is 11.5 Å². The molecular formula is C40H42ClN9O6. The van der Waals surface area contributed by atoms with E-state index in [-0.39, 0.29) is 42.2 Å². The van der Waals surface area contributed by atoms with Crippen molar-refractivity contribution < 1.29 is 28.7 Å². The zero-order valence-electron chi connectivity index (χ0n) is 30.8. The maximum atomic E-state index is 13.3. The van der Waals surface area contributed by atoms with E-state index in [2.05, 4.69) is 35.5 Å². The van der Waals surface area contributed by atoms with Crippen molar-refractivity contribution in [3.8, 4) is 11.8 Å². The van der Waals surface area contributed by atoms with Gasteiger partial charge in [-0.1, -0.05) is 11.6 Å². The number of fused-ring (bicyclic) bond motifs is 1. The number of hydrogen-bond donors (Lipinski definition) is 2. The molecule has 0 spiro atoms. The summed E-state index contributed by atoms with van der Waals surface area (Å²) in [7, 11) is 0. The van der Waals surface area contributed by atoms with Crippen molar-refractivity contribution in [3.63, 3.8) is 0 Å². The summed E-state index contributed by atoms with van der Waals surface area (Å²) < 4.78 is 6.07. The van der Waals surface area contributed by atoms with Gasteiger partial charge in [0, 0.05) is 69.5 Å². The zero-order chi connectivity index (χ0) is 38.9. The van der Waals surface area contributed by atoms with Gasteiger partial charge in [-0.15, -0.1) is 10.2 Å². The van der Waals surface area contributed by atoms with Crippen LogP contribution in [0.1, 0.15) is 88.1 Å². The highest BCUT2D eigenvalue weighted by atomic mass is 35.5. The maximum absolute atomic E-state index is 13.3. The van der Waals surface area contributed by atoms with E-state index in [0.717, 1.165) is 94.2 Å². The van der Waals surface area contributed by atoms with Crippen LogP contribution in [0.2, 0.25) is 5.02 Å². The summed E-state index contributed by atoms with van der Waals surface area (Å²) >= 11 is 6.14. The lowest BCUT2D eigenvalue weighted by molar-refractivity contribution is -0.136. The Morgan fingerprint density at radius 2 is 1.57 bits per heavy atom. The number of carbonyl (C=O) groups is 5. The van der Waals surface area contributed by atoms with Crippen LogP contribution in [0.25, 0.3) is 0 Å². The molecular weight excluding hydrogens is 738 g/mol. The number of nitrogens with one attached hydrogen (secondary N) is 2. The number of anilines is 2. The number of amides is 5. The predicted octanol–water partition coefficient (Wildman–Crippen LogP) is 3.31. The Hall–Kier alpha value is -5.59. The smallest absolute Gasteiger partial charge is 0.272 e. The second-order valence-corrected chi connectivity index (χ2v) is 15.4. The number of nitrogens with zero attached hydrogens (tertiary/aromatic N) is 7. The third kappa shape index (κ3) is 7.63. The molecule has 0 bridgehead atoms. The van der Waals surface area contributed by atoms with Gasteiger partial charge >= 0.3 is 0 Å². The van der Waals surface area contributed by atoms with Crippen molar-refractivity contribution in [2.75, 3.05) is 49.1 Å². The Bertz CT molecular complexity index is 2080. The Kier molecular flexibility index (Phi) is 10.6. The standard InChI is InChI=1S/C40H42ClN9O6/c41-32-22-29(5-1-24(32)23-42)56-28-6-2-25(3-7-28)43-37(52)33-9-11-35(46-45-33)49-19-17-48(18-20-49)26-13-15-47(16-14-26)27-4-8-30-31(21-27)40(55)50(39(30)54)34-10-12-36(51)44-38(34)53/h1,4-5,8-9,11,21-22,25-26,28,34H,2-3,6-7,10,12-20H2,(H,43,52)(H,44,51,53)/t25-,28-,34?. The van der Waals surface area contributed by atoms with E-state index in [1.165, 1.54) is 0 Å². The third-order valence-electron chi connectivity index (χ3n) is 11.7. The number of benzene rings is 2. The quantitative estimate of drug-likeness (QED) is 0.319. The largest absolute Gasteiger partial charge is 0.490 e. The fourth-order valence-corrected chi connectivity index (χ4v) is 8.73. The maximum Gasteiger partial charge on any atom is 0.272 e. The minimum atomic E-state index is -0.981. The number of rotatable bonds is 8. The second-order valence-electron chi connectivity index (χ2n) is 15.0. The van der Waals surface area contributed by atoms with Crippen molar-refractivity contribution in [1.82, 2.24) is 30.6 Å². The molecule has 5 aliphatic rings. The minimum Gasteiger partial charge on any atom is -0.490 e. The molecule has 1 atom stereocenters. The van der Waals surface area contributed by atoms with Crippen LogP contribution in [0, 0.1) is 11.3 Å². The normalized spacial score (nSPS) is 23.4. The van der Waals surface area contributed by atoms with Crippen LogP contribution in [0.15, 0.2) is 48.5 Å². The molecule has 3 saturated heterocycles. The molecule has 16 heteroatoms. The number of halogens is 1. The van der Waals surface area contributed by atoms with Crippen molar-refractivity contribution in [2.24, 2.45) is 0 Å². The van der Waals surface area contributed by atoms with Gasteiger partial charge in [-0.25, -0.2) is 0 Å². The van der Waals surface area contributed by atoms with Crippen LogP contribution in [-0.4, -0.2) is 113 Å². The molecule has 5 amide bonds. The highest BCUT2D eigenvalue weighted by Gasteiger charge is 2.45. The van der Waals surface area contributed by atoms with Gasteiger partial charge in [-0.05, 0) is 87.4 Å². The third-order valence-corrected chi connectivity index (χ3v) is 12.0. The fourth-order valence-electron chi connectivity index (χ4n) is 8.51. The van der Waals surface area contributed by atoms with Crippen LogP contribution >= 0.6 is 11.6 Å². The zero-order valence-corrected chi connectivity index (χ0v) is 31.5. The summed E-state index contributed by atoms with van der Waals surface area (Å²) in [4.78, 5) is 71.4. The van der Waals surface area contributed by atoms with Crippen LogP contribution < -0.4 is 25.2 Å². The first kappa shape index (κ1) is 37.3. The monoisotopic (exact) mass is 779 g/mol. The number of ether oxygens (including phenoxy) is 1. The van der Waals surface area contributed by atoms with Gasteiger partial charge < -0.3 is 19.9 Å².